The van der Waals surface area contributed by atoms with Gasteiger partial charge in [-0.1, -0.05) is 29.8 Å². The average molecular weight is 462 g/mol. The number of nitrogens with one attached hydrogen (secondary N) is 1. The van der Waals surface area contributed by atoms with Gasteiger partial charge >= 0.3 is 0 Å². The van der Waals surface area contributed by atoms with Gasteiger partial charge in [0.15, 0.2) is 11.6 Å². The summed E-state index contributed by atoms with van der Waals surface area (Å²) in [7, 11) is 0. The molecule has 34 heavy (non-hydrogen) atoms. The molecule has 1 aliphatic heterocycles. The van der Waals surface area contributed by atoms with Crippen LogP contribution in [0.3, 0.4) is 0 Å². The van der Waals surface area contributed by atoms with Gasteiger partial charge in [0.2, 0.25) is 0 Å². The second-order valence-corrected chi connectivity index (χ2v) is 8.00. The molecule has 3 aromatic rings. The van der Waals surface area contributed by atoms with Crippen molar-refractivity contribution in [1.82, 2.24) is 0 Å². The van der Waals surface area contributed by atoms with Crippen molar-refractivity contribution in [3.05, 3.63) is 95.2 Å². The number of anilines is 3. The number of rotatable bonds is 7. The van der Waals surface area contributed by atoms with Gasteiger partial charge in [-0.15, -0.1) is 0 Å². The van der Waals surface area contributed by atoms with Crippen LogP contribution in [0.5, 0.6) is 0 Å². The van der Waals surface area contributed by atoms with Gasteiger partial charge in [0.05, 0.1) is 11.3 Å². The third-order valence-corrected chi connectivity index (χ3v) is 5.85. The van der Waals surface area contributed by atoms with Gasteiger partial charge in [-0.2, -0.15) is 0 Å². The van der Waals surface area contributed by atoms with E-state index < -0.39 is 23.4 Å². The molecular formula is C27H25F2N3O2. The fourth-order valence-corrected chi connectivity index (χ4v) is 3.99. The van der Waals surface area contributed by atoms with Crippen molar-refractivity contribution in [3.8, 4) is 0 Å². The lowest BCUT2D eigenvalue weighted by Gasteiger charge is -2.22. The minimum Gasteiger partial charge on any atom is -0.372 e. The van der Waals surface area contributed by atoms with E-state index in [1.165, 1.54) is 6.07 Å². The standard InChI is InChI=1S/C27H25F2N3O2/c1-4-31(5-2)20-11-13-21(14-12-20)32-26(33)24(18-8-6-17(3)7-9-18)25(27(32)34)30-19-10-15-22(28)23(29)16-19/h6-16,30H,4-5H2,1-3H3. The van der Waals surface area contributed by atoms with Gasteiger partial charge in [-0.3, -0.25) is 9.59 Å². The highest BCUT2D eigenvalue weighted by molar-refractivity contribution is 6.46. The number of hydrogen-bond acceptors (Lipinski definition) is 4. The molecule has 1 N–H and O–H groups in total. The van der Waals surface area contributed by atoms with Crippen LogP contribution in [0, 0.1) is 18.6 Å². The summed E-state index contributed by atoms with van der Waals surface area (Å²) in [5.41, 5.74) is 3.31. The minimum absolute atomic E-state index is 0.00711. The number of carbonyl (C=O) groups excluding carboxylic acids is 2. The highest BCUT2D eigenvalue weighted by atomic mass is 19.2. The monoisotopic (exact) mass is 461 g/mol. The Balaban J connectivity index is 1.75. The van der Waals surface area contributed by atoms with Gasteiger partial charge in [0, 0.05) is 30.5 Å². The highest BCUT2D eigenvalue weighted by Crippen LogP contribution is 2.34. The number of carbonyl (C=O) groups is 2. The van der Waals surface area contributed by atoms with E-state index in [9.17, 15) is 18.4 Å². The molecule has 0 spiro atoms. The summed E-state index contributed by atoms with van der Waals surface area (Å²) in [5.74, 6) is -3.11. The summed E-state index contributed by atoms with van der Waals surface area (Å²) < 4.78 is 27.2. The van der Waals surface area contributed by atoms with E-state index in [1.807, 2.05) is 31.2 Å². The lowest BCUT2D eigenvalue weighted by Crippen LogP contribution is -2.32. The number of hydrogen-bond donors (Lipinski definition) is 1. The Kier molecular flexibility index (Phi) is 6.45. The van der Waals surface area contributed by atoms with E-state index in [0.29, 0.717) is 11.3 Å². The first kappa shape index (κ1) is 23.2. The number of aryl methyl sites for hydroxylation is 1. The highest BCUT2D eigenvalue weighted by Gasteiger charge is 2.40. The number of imide groups is 1. The van der Waals surface area contributed by atoms with Crippen LogP contribution in [0.2, 0.25) is 0 Å². The Hall–Kier alpha value is -4.00. The summed E-state index contributed by atoms with van der Waals surface area (Å²) in [4.78, 5) is 30.2. The topological polar surface area (TPSA) is 52.6 Å². The third kappa shape index (κ3) is 4.29. The molecule has 0 aromatic heterocycles. The van der Waals surface area contributed by atoms with Crippen LogP contribution in [0.25, 0.3) is 5.57 Å². The first-order valence-electron chi connectivity index (χ1n) is 11.1. The molecule has 1 heterocycles. The molecule has 0 saturated heterocycles. The molecule has 1 aliphatic rings. The summed E-state index contributed by atoms with van der Waals surface area (Å²) in [6.45, 7) is 7.69. The van der Waals surface area contributed by atoms with Crippen molar-refractivity contribution < 1.29 is 18.4 Å². The van der Waals surface area contributed by atoms with E-state index in [-0.39, 0.29) is 17.0 Å². The molecule has 0 saturated carbocycles. The van der Waals surface area contributed by atoms with E-state index >= 15 is 0 Å². The summed E-state index contributed by atoms with van der Waals surface area (Å²) in [6.07, 6.45) is 0. The fraction of sp³-hybridized carbons (Fsp3) is 0.185. The van der Waals surface area contributed by atoms with E-state index in [0.717, 1.165) is 41.4 Å². The number of amides is 2. The third-order valence-electron chi connectivity index (χ3n) is 5.85. The molecule has 0 unspecified atom stereocenters. The van der Waals surface area contributed by atoms with Crippen LogP contribution in [-0.4, -0.2) is 24.9 Å². The smallest absolute Gasteiger partial charge is 0.282 e. The van der Waals surface area contributed by atoms with Gasteiger partial charge < -0.3 is 10.2 Å². The van der Waals surface area contributed by atoms with Crippen LogP contribution in [-0.2, 0) is 9.59 Å². The molecule has 0 radical (unpaired) electrons. The van der Waals surface area contributed by atoms with Crippen LogP contribution >= 0.6 is 0 Å². The van der Waals surface area contributed by atoms with Crippen molar-refractivity contribution in [1.29, 1.82) is 0 Å². The predicted molar refractivity (Wildman–Crippen MR) is 131 cm³/mol. The van der Waals surface area contributed by atoms with Crippen LogP contribution in [0.1, 0.15) is 25.0 Å². The number of halogens is 2. The first-order valence-corrected chi connectivity index (χ1v) is 11.1. The van der Waals surface area contributed by atoms with Gasteiger partial charge in [0.1, 0.15) is 5.70 Å². The quantitative estimate of drug-likeness (QED) is 0.471. The Morgan fingerprint density at radius 3 is 2.06 bits per heavy atom. The Labute approximate surface area is 197 Å². The first-order chi connectivity index (χ1) is 16.3. The van der Waals surface area contributed by atoms with Crippen molar-refractivity contribution >= 4 is 34.4 Å². The molecule has 0 bridgehead atoms. The van der Waals surface area contributed by atoms with Crippen LogP contribution in [0.4, 0.5) is 25.8 Å². The predicted octanol–water partition coefficient (Wildman–Crippen LogP) is 5.52. The largest absolute Gasteiger partial charge is 0.372 e. The average Bonchev–Trinajstić information content (AvgIpc) is 3.07. The maximum Gasteiger partial charge on any atom is 0.282 e. The molecule has 0 fully saturated rings. The zero-order valence-corrected chi connectivity index (χ0v) is 19.2. The zero-order valence-electron chi connectivity index (χ0n) is 19.2. The second kappa shape index (κ2) is 9.47. The maximum absolute atomic E-state index is 13.8. The summed E-state index contributed by atoms with van der Waals surface area (Å²) in [6, 6.07) is 17.7. The molecule has 7 heteroatoms. The lowest BCUT2D eigenvalue weighted by molar-refractivity contribution is -0.120. The Morgan fingerprint density at radius 1 is 0.824 bits per heavy atom. The molecule has 174 valence electrons. The molecule has 4 rings (SSSR count). The SMILES string of the molecule is CCN(CC)c1ccc(N2C(=O)C(Nc3ccc(F)c(F)c3)=C(c3ccc(C)cc3)C2=O)cc1. The summed E-state index contributed by atoms with van der Waals surface area (Å²) in [5, 5.41) is 2.85. The molecule has 3 aromatic carbocycles. The van der Waals surface area contributed by atoms with E-state index in [1.54, 1.807) is 24.3 Å². The lowest BCUT2D eigenvalue weighted by atomic mass is 10.0. The molecule has 0 aliphatic carbocycles. The van der Waals surface area contributed by atoms with Crippen LogP contribution in [0.15, 0.2) is 72.4 Å². The molecule has 5 nitrogen and oxygen atoms in total. The van der Waals surface area contributed by atoms with E-state index in [2.05, 4.69) is 24.1 Å². The van der Waals surface area contributed by atoms with Crippen molar-refractivity contribution in [3.63, 3.8) is 0 Å². The number of nitrogens with zero attached hydrogens (tertiary/aromatic N) is 2. The zero-order chi connectivity index (χ0) is 24.4. The second-order valence-electron chi connectivity index (χ2n) is 8.00. The molecular weight excluding hydrogens is 436 g/mol. The maximum atomic E-state index is 13.8. The number of benzene rings is 3. The van der Waals surface area contributed by atoms with Crippen molar-refractivity contribution in [2.24, 2.45) is 0 Å². The molecule has 0 atom stereocenters. The van der Waals surface area contributed by atoms with Gasteiger partial charge in [-0.25, -0.2) is 13.7 Å². The normalized spacial score (nSPS) is 13.6. The minimum atomic E-state index is -1.05. The molecule has 2 amide bonds. The Bertz CT molecular complexity index is 1260. The van der Waals surface area contributed by atoms with Crippen molar-refractivity contribution in [2.45, 2.75) is 20.8 Å². The van der Waals surface area contributed by atoms with Gasteiger partial charge in [0.25, 0.3) is 11.8 Å². The summed E-state index contributed by atoms with van der Waals surface area (Å²) >= 11 is 0. The Morgan fingerprint density at radius 2 is 1.47 bits per heavy atom. The van der Waals surface area contributed by atoms with Gasteiger partial charge in [-0.05, 0) is 62.7 Å². The fourth-order valence-electron chi connectivity index (χ4n) is 3.99. The van der Waals surface area contributed by atoms with Crippen molar-refractivity contribution in [2.75, 3.05) is 28.2 Å². The van der Waals surface area contributed by atoms with E-state index in [4.69, 9.17) is 0 Å². The van der Waals surface area contributed by atoms with Crippen LogP contribution < -0.4 is 15.1 Å².